The van der Waals surface area contributed by atoms with E-state index in [1.165, 1.54) is 12.5 Å². The molecule has 0 aromatic carbocycles. The smallest absolute Gasteiger partial charge is 0.234 e. The Labute approximate surface area is 188 Å². The zero-order valence-electron chi connectivity index (χ0n) is 18.5. The van der Waals surface area contributed by atoms with Gasteiger partial charge in [-0.15, -0.1) is 0 Å². The number of hydrogen-bond acceptors (Lipinski definition) is 7. The summed E-state index contributed by atoms with van der Waals surface area (Å²) in [6.07, 6.45) is 6.84. The molecule has 2 aliphatic heterocycles. The van der Waals surface area contributed by atoms with Crippen molar-refractivity contribution in [2.45, 2.75) is 64.1 Å². The molecule has 10 heteroatoms. The third-order valence-corrected chi connectivity index (χ3v) is 6.18. The summed E-state index contributed by atoms with van der Waals surface area (Å²) in [5, 5.41) is 14.1. The Morgan fingerprint density at radius 1 is 1.39 bits per heavy atom. The van der Waals surface area contributed by atoms with Gasteiger partial charge in [0.1, 0.15) is 16.8 Å². The number of nitrogens with zero attached hydrogens (tertiary/aromatic N) is 4. The van der Waals surface area contributed by atoms with Gasteiger partial charge < -0.3 is 21.3 Å². The van der Waals surface area contributed by atoms with E-state index in [2.05, 4.69) is 30.4 Å². The molecule has 2 bridgehead atoms. The molecule has 1 aromatic rings. The molecule has 5 N–H and O–H groups in total. The largest absolute Gasteiger partial charge is 0.402 e. The van der Waals surface area contributed by atoms with Crippen molar-refractivity contribution in [3.8, 4) is 0 Å². The number of likely N-dealkylation sites (N-methyl/N-ethyl adjacent to an activating group) is 1. The van der Waals surface area contributed by atoms with Crippen molar-refractivity contribution in [2.75, 3.05) is 30.4 Å². The number of carbonyl (C=O) groups is 1. The van der Waals surface area contributed by atoms with Crippen LogP contribution >= 0.6 is 11.6 Å². The zero-order valence-corrected chi connectivity index (χ0v) is 19.2. The van der Waals surface area contributed by atoms with Crippen LogP contribution in [0.5, 0.6) is 0 Å². The lowest BCUT2D eigenvalue weighted by molar-refractivity contribution is -0.125. The van der Waals surface area contributed by atoms with Crippen LogP contribution in [0.4, 0.5) is 11.8 Å². The van der Waals surface area contributed by atoms with Gasteiger partial charge in [-0.2, -0.15) is 4.98 Å². The van der Waals surface area contributed by atoms with Crippen molar-refractivity contribution < 1.29 is 4.79 Å². The van der Waals surface area contributed by atoms with Gasteiger partial charge in [-0.3, -0.25) is 15.1 Å². The topological polar surface area (TPSA) is 123 Å². The standard InChI is InChI=1S/C21H33ClN8O/c1-4-25-20(31)12-30-14-6-5-7-15(30)10-16(9-14)29(3)21-26-17(22)11-19(28-21)27-18(24)8-13(2)23/h8,11,14-16H,4-7,9-10,12,23H2,1-3H3,(H,25,31)(H2,24,26,27,28)/b13-8-/t14-,15+,16-. The van der Waals surface area contributed by atoms with Crippen LogP contribution in [0.15, 0.2) is 17.8 Å². The summed E-state index contributed by atoms with van der Waals surface area (Å²) in [5.74, 6) is 1.22. The minimum atomic E-state index is 0.101. The first-order chi connectivity index (χ1) is 14.8. The van der Waals surface area contributed by atoms with E-state index in [1.54, 1.807) is 13.0 Å². The number of amides is 1. The monoisotopic (exact) mass is 448 g/mol. The first-order valence-corrected chi connectivity index (χ1v) is 11.2. The molecular formula is C21H33ClN8O. The number of hydrogen-bond donors (Lipinski definition) is 4. The van der Waals surface area contributed by atoms with Crippen LogP contribution < -0.4 is 21.3 Å². The molecule has 2 aliphatic rings. The lowest BCUT2D eigenvalue weighted by atomic mass is 9.81. The van der Waals surface area contributed by atoms with Crippen LogP contribution in [0.1, 0.15) is 46.0 Å². The van der Waals surface area contributed by atoms with Crippen molar-refractivity contribution in [2.24, 2.45) is 5.73 Å². The van der Waals surface area contributed by atoms with Gasteiger partial charge >= 0.3 is 0 Å². The quantitative estimate of drug-likeness (QED) is 0.286. The van der Waals surface area contributed by atoms with Gasteiger partial charge in [0, 0.05) is 43.5 Å². The first kappa shape index (κ1) is 23.3. The van der Waals surface area contributed by atoms with Crippen LogP contribution in [-0.4, -0.2) is 64.9 Å². The van der Waals surface area contributed by atoms with Gasteiger partial charge in [0.25, 0.3) is 0 Å². The maximum absolute atomic E-state index is 12.2. The number of allylic oxidation sites excluding steroid dienone is 1. The second kappa shape index (κ2) is 10.3. The van der Waals surface area contributed by atoms with Gasteiger partial charge in [-0.05, 0) is 45.6 Å². The number of amidine groups is 1. The highest BCUT2D eigenvalue weighted by Crippen LogP contribution is 2.36. The van der Waals surface area contributed by atoms with Gasteiger partial charge in [-0.25, -0.2) is 4.98 Å². The van der Waals surface area contributed by atoms with Gasteiger partial charge in [-0.1, -0.05) is 18.0 Å². The van der Waals surface area contributed by atoms with E-state index in [0.717, 1.165) is 25.7 Å². The zero-order chi connectivity index (χ0) is 22.5. The molecule has 1 aromatic heterocycles. The highest BCUT2D eigenvalue weighted by Gasteiger charge is 2.40. The van der Waals surface area contributed by atoms with E-state index in [1.807, 2.05) is 14.0 Å². The molecule has 9 nitrogen and oxygen atoms in total. The Bertz CT molecular complexity index is 827. The number of aromatic nitrogens is 2. The number of carbonyl (C=O) groups excluding carboxylic acids is 1. The highest BCUT2D eigenvalue weighted by atomic mass is 35.5. The van der Waals surface area contributed by atoms with E-state index >= 15 is 0 Å². The highest BCUT2D eigenvalue weighted by molar-refractivity contribution is 6.29. The maximum atomic E-state index is 12.2. The average Bonchev–Trinajstić information content (AvgIpc) is 2.66. The third kappa shape index (κ3) is 6.07. The van der Waals surface area contributed by atoms with Crippen molar-refractivity contribution in [1.29, 1.82) is 5.41 Å². The van der Waals surface area contributed by atoms with E-state index in [0.29, 0.717) is 47.8 Å². The van der Waals surface area contributed by atoms with Crippen molar-refractivity contribution in [3.05, 3.63) is 23.0 Å². The Kier molecular flexibility index (Phi) is 7.72. The maximum Gasteiger partial charge on any atom is 0.234 e. The lowest BCUT2D eigenvalue weighted by Gasteiger charge is -2.50. The van der Waals surface area contributed by atoms with E-state index < -0.39 is 0 Å². The number of rotatable bonds is 7. The molecule has 0 aliphatic carbocycles. The third-order valence-electron chi connectivity index (χ3n) is 5.98. The molecule has 0 saturated carbocycles. The first-order valence-electron chi connectivity index (χ1n) is 10.9. The summed E-state index contributed by atoms with van der Waals surface area (Å²) >= 11 is 6.25. The van der Waals surface area contributed by atoms with Crippen LogP contribution in [0.3, 0.4) is 0 Å². The fourth-order valence-corrected chi connectivity index (χ4v) is 4.81. The predicted molar refractivity (Wildman–Crippen MR) is 125 cm³/mol. The molecule has 2 fully saturated rings. The molecule has 3 rings (SSSR count). The predicted octanol–water partition coefficient (Wildman–Crippen LogP) is 2.34. The Morgan fingerprint density at radius 3 is 2.68 bits per heavy atom. The van der Waals surface area contributed by atoms with Crippen molar-refractivity contribution >= 4 is 35.1 Å². The Morgan fingerprint density at radius 2 is 2.06 bits per heavy atom. The second-order valence-electron chi connectivity index (χ2n) is 8.40. The Hall–Kier alpha value is -2.39. The number of nitrogens with two attached hydrogens (primary N) is 1. The van der Waals surface area contributed by atoms with E-state index in [4.69, 9.17) is 22.7 Å². The number of anilines is 2. The Balaban J connectivity index is 1.72. The van der Waals surface area contributed by atoms with Crippen LogP contribution in [0.2, 0.25) is 5.15 Å². The molecule has 3 atom stereocenters. The molecule has 3 heterocycles. The summed E-state index contributed by atoms with van der Waals surface area (Å²) in [4.78, 5) is 25.6. The summed E-state index contributed by atoms with van der Waals surface area (Å²) in [5.41, 5.74) is 6.17. The van der Waals surface area contributed by atoms with E-state index in [-0.39, 0.29) is 17.8 Å². The summed E-state index contributed by atoms with van der Waals surface area (Å²) in [6.45, 7) is 4.80. The molecule has 0 spiro atoms. The number of halogens is 1. The molecule has 0 radical (unpaired) electrons. The van der Waals surface area contributed by atoms with Gasteiger partial charge in [0.15, 0.2) is 0 Å². The van der Waals surface area contributed by atoms with Crippen LogP contribution in [0.25, 0.3) is 0 Å². The van der Waals surface area contributed by atoms with Gasteiger partial charge in [0.2, 0.25) is 11.9 Å². The number of piperidine rings is 2. The molecule has 31 heavy (non-hydrogen) atoms. The second-order valence-corrected chi connectivity index (χ2v) is 8.79. The van der Waals surface area contributed by atoms with Crippen molar-refractivity contribution in [1.82, 2.24) is 20.2 Å². The minimum absolute atomic E-state index is 0.101. The molecule has 170 valence electrons. The fraction of sp³-hybridized carbons (Fsp3) is 0.619. The molecule has 0 unspecified atom stereocenters. The molecule has 1 amide bonds. The van der Waals surface area contributed by atoms with Crippen LogP contribution in [0, 0.1) is 5.41 Å². The SMILES string of the molecule is CCNC(=O)CN1[C@@H]2CCC[C@H]1C[C@H](N(C)c1nc(Cl)cc(NC(=N)/C=C(/C)N)n1)C2. The summed E-state index contributed by atoms with van der Waals surface area (Å²) in [6, 6.07) is 2.62. The van der Waals surface area contributed by atoms with Crippen LogP contribution in [-0.2, 0) is 4.79 Å². The minimum Gasteiger partial charge on any atom is -0.402 e. The molecule has 2 saturated heterocycles. The fourth-order valence-electron chi connectivity index (χ4n) is 4.64. The summed E-state index contributed by atoms with van der Waals surface area (Å²) < 4.78 is 0. The number of nitrogens with one attached hydrogen (secondary N) is 3. The average molecular weight is 449 g/mol. The van der Waals surface area contributed by atoms with Crippen molar-refractivity contribution in [3.63, 3.8) is 0 Å². The van der Waals surface area contributed by atoms with Gasteiger partial charge in [0.05, 0.1) is 6.54 Å². The van der Waals surface area contributed by atoms with E-state index in [9.17, 15) is 4.79 Å². The summed E-state index contributed by atoms with van der Waals surface area (Å²) in [7, 11) is 1.99. The lowest BCUT2D eigenvalue weighted by Crippen LogP contribution is -2.58. The molecular weight excluding hydrogens is 416 g/mol. The normalized spacial score (nSPS) is 23.9. The number of fused-ring (bicyclic) bond motifs is 2.